The van der Waals surface area contributed by atoms with Crippen LogP contribution in [0, 0.1) is 0 Å². The molecule has 5 heteroatoms. The van der Waals surface area contributed by atoms with E-state index < -0.39 is 0 Å². The van der Waals surface area contributed by atoms with Crippen LogP contribution in [0.1, 0.15) is 31.7 Å². The molecular weight excluding hydrogens is 368 g/mol. The van der Waals surface area contributed by atoms with Gasteiger partial charge in [0.05, 0.1) is 12.2 Å². The van der Waals surface area contributed by atoms with E-state index in [0.717, 1.165) is 32.7 Å². The topological polar surface area (TPSA) is 33.7 Å². The van der Waals surface area contributed by atoms with Crippen molar-refractivity contribution in [2.24, 2.45) is 0 Å². The Bertz CT molecular complexity index is 520. The molecule has 0 aromatic heterocycles. The fourth-order valence-corrected chi connectivity index (χ4v) is 4.28. The normalized spacial score (nSPS) is 28.7. The molecule has 1 N–H and O–H groups in total. The third kappa shape index (κ3) is 4.38. The number of piperidine rings is 1. The summed E-state index contributed by atoms with van der Waals surface area (Å²) >= 11 is 3.65. The zero-order valence-corrected chi connectivity index (χ0v) is 16.3. The van der Waals surface area contributed by atoms with Crippen LogP contribution in [0.4, 0.5) is 0 Å². The standard InChI is InChI=1S/C19H29BrN2O2/c1-3-24-18-12-17(19(18)23-2)21-15-8-10-22(11-9-15)13-14-6-4-5-7-16(14)20/h4-7,15,17-19,21H,3,8-13H2,1-2H3/t17-,18-,19+/m1/s1. The van der Waals surface area contributed by atoms with Crippen LogP contribution in [0.3, 0.4) is 0 Å². The number of halogens is 1. The average molecular weight is 397 g/mol. The largest absolute Gasteiger partial charge is 0.377 e. The molecule has 0 radical (unpaired) electrons. The van der Waals surface area contributed by atoms with Crippen molar-refractivity contribution in [3.05, 3.63) is 34.3 Å². The second kappa shape index (κ2) is 8.77. The smallest absolute Gasteiger partial charge is 0.0986 e. The van der Waals surface area contributed by atoms with Crippen LogP contribution < -0.4 is 5.32 Å². The summed E-state index contributed by atoms with van der Waals surface area (Å²) in [7, 11) is 1.80. The molecule has 1 aromatic rings. The molecule has 0 unspecified atom stereocenters. The highest BCUT2D eigenvalue weighted by Crippen LogP contribution is 2.28. The third-order valence-corrected chi connectivity index (χ3v) is 6.06. The molecule has 3 rings (SSSR count). The van der Waals surface area contributed by atoms with Gasteiger partial charge in [0.2, 0.25) is 0 Å². The van der Waals surface area contributed by atoms with Crippen LogP contribution in [0.25, 0.3) is 0 Å². The molecule has 1 saturated heterocycles. The number of hydrogen-bond acceptors (Lipinski definition) is 4. The van der Waals surface area contributed by atoms with Gasteiger partial charge in [-0.15, -0.1) is 0 Å². The highest BCUT2D eigenvalue weighted by atomic mass is 79.9. The molecule has 1 saturated carbocycles. The van der Waals surface area contributed by atoms with E-state index in [2.05, 4.69) is 50.4 Å². The summed E-state index contributed by atoms with van der Waals surface area (Å²) in [6.07, 6.45) is 3.97. The predicted octanol–water partition coefficient (Wildman–Crippen LogP) is 3.20. The molecule has 2 aliphatic rings. The van der Waals surface area contributed by atoms with Crippen LogP contribution in [-0.2, 0) is 16.0 Å². The van der Waals surface area contributed by atoms with Crippen LogP contribution in [0.5, 0.6) is 0 Å². The molecule has 0 amide bonds. The number of nitrogens with zero attached hydrogens (tertiary/aromatic N) is 1. The van der Waals surface area contributed by atoms with Crippen molar-refractivity contribution in [1.29, 1.82) is 0 Å². The molecule has 0 spiro atoms. The highest BCUT2D eigenvalue weighted by Gasteiger charge is 2.43. The van der Waals surface area contributed by atoms with Gasteiger partial charge in [0.15, 0.2) is 0 Å². The molecule has 1 aliphatic carbocycles. The number of methoxy groups -OCH3 is 1. The van der Waals surface area contributed by atoms with Crippen LogP contribution in [0.15, 0.2) is 28.7 Å². The molecule has 24 heavy (non-hydrogen) atoms. The first-order chi connectivity index (χ1) is 11.7. The van der Waals surface area contributed by atoms with E-state index in [0.29, 0.717) is 12.1 Å². The van der Waals surface area contributed by atoms with E-state index in [4.69, 9.17) is 9.47 Å². The van der Waals surface area contributed by atoms with Crippen molar-refractivity contribution in [3.63, 3.8) is 0 Å². The van der Waals surface area contributed by atoms with Crippen molar-refractivity contribution in [2.75, 3.05) is 26.8 Å². The van der Waals surface area contributed by atoms with Gasteiger partial charge in [-0.25, -0.2) is 0 Å². The summed E-state index contributed by atoms with van der Waals surface area (Å²) in [6, 6.07) is 9.58. The van der Waals surface area contributed by atoms with E-state index in [1.165, 1.54) is 22.9 Å². The molecule has 1 aliphatic heterocycles. The Hall–Kier alpha value is -0.460. The maximum atomic E-state index is 5.72. The monoisotopic (exact) mass is 396 g/mol. The lowest BCUT2D eigenvalue weighted by atomic mass is 9.84. The highest BCUT2D eigenvalue weighted by molar-refractivity contribution is 9.10. The quantitative estimate of drug-likeness (QED) is 0.766. The zero-order chi connectivity index (χ0) is 16.9. The van der Waals surface area contributed by atoms with E-state index in [1.54, 1.807) is 7.11 Å². The number of likely N-dealkylation sites (tertiary alicyclic amines) is 1. The van der Waals surface area contributed by atoms with Gasteiger partial charge in [-0.3, -0.25) is 4.90 Å². The fourth-order valence-electron chi connectivity index (χ4n) is 3.87. The van der Waals surface area contributed by atoms with E-state index in [-0.39, 0.29) is 12.2 Å². The van der Waals surface area contributed by atoms with Crippen molar-refractivity contribution < 1.29 is 9.47 Å². The fraction of sp³-hybridized carbons (Fsp3) is 0.684. The van der Waals surface area contributed by atoms with Gasteiger partial charge < -0.3 is 14.8 Å². The van der Waals surface area contributed by atoms with Gasteiger partial charge in [-0.05, 0) is 50.9 Å². The van der Waals surface area contributed by atoms with Gasteiger partial charge in [0.1, 0.15) is 0 Å². The van der Waals surface area contributed by atoms with Crippen LogP contribution in [-0.4, -0.2) is 56.0 Å². The van der Waals surface area contributed by atoms with Gasteiger partial charge in [0, 0.05) is 36.8 Å². The summed E-state index contributed by atoms with van der Waals surface area (Å²) in [4.78, 5) is 2.55. The number of hydrogen-bond donors (Lipinski definition) is 1. The number of rotatable bonds is 7. The molecule has 3 atom stereocenters. The Morgan fingerprint density at radius 1 is 1.25 bits per heavy atom. The summed E-state index contributed by atoms with van der Waals surface area (Å²) in [5.41, 5.74) is 1.38. The second-order valence-corrected chi connectivity index (χ2v) is 7.70. The Balaban J connectivity index is 1.42. The van der Waals surface area contributed by atoms with Crippen molar-refractivity contribution in [3.8, 4) is 0 Å². The number of nitrogens with one attached hydrogen (secondary N) is 1. The minimum atomic E-state index is 0.211. The lowest BCUT2D eigenvalue weighted by Gasteiger charge is -2.46. The van der Waals surface area contributed by atoms with E-state index in [1.807, 2.05) is 6.92 Å². The molecule has 134 valence electrons. The molecule has 1 heterocycles. The van der Waals surface area contributed by atoms with Gasteiger partial charge in [0.25, 0.3) is 0 Å². The van der Waals surface area contributed by atoms with Gasteiger partial charge >= 0.3 is 0 Å². The van der Waals surface area contributed by atoms with E-state index in [9.17, 15) is 0 Å². The molecule has 2 fully saturated rings. The molecule has 0 bridgehead atoms. The lowest BCUT2D eigenvalue weighted by molar-refractivity contribution is -0.134. The lowest BCUT2D eigenvalue weighted by Crippen LogP contribution is -2.62. The molecule has 1 aromatic carbocycles. The van der Waals surface area contributed by atoms with E-state index >= 15 is 0 Å². The first kappa shape index (κ1) is 18.3. The Labute approximate surface area is 154 Å². The summed E-state index contributed by atoms with van der Waals surface area (Å²) in [5, 5.41) is 3.80. The van der Waals surface area contributed by atoms with Gasteiger partial charge in [-0.1, -0.05) is 34.1 Å². The predicted molar refractivity (Wildman–Crippen MR) is 100 cm³/mol. The average Bonchev–Trinajstić information content (AvgIpc) is 2.58. The Morgan fingerprint density at radius 3 is 2.67 bits per heavy atom. The number of ether oxygens (including phenoxy) is 2. The first-order valence-corrected chi connectivity index (χ1v) is 9.86. The van der Waals surface area contributed by atoms with Crippen molar-refractivity contribution in [2.45, 2.75) is 57.0 Å². The second-order valence-electron chi connectivity index (χ2n) is 6.84. The summed E-state index contributed by atoms with van der Waals surface area (Å²) in [6.45, 7) is 6.15. The van der Waals surface area contributed by atoms with Crippen molar-refractivity contribution >= 4 is 15.9 Å². The SMILES string of the molecule is CCO[C@@H]1C[C@@H](NC2CCN(Cc3ccccc3Br)CC2)[C@@H]1OC. The maximum Gasteiger partial charge on any atom is 0.0986 e. The number of benzene rings is 1. The molecule has 4 nitrogen and oxygen atoms in total. The van der Waals surface area contributed by atoms with Crippen molar-refractivity contribution in [1.82, 2.24) is 10.2 Å². The van der Waals surface area contributed by atoms with Crippen LogP contribution in [0.2, 0.25) is 0 Å². The van der Waals surface area contributed by atoms with Gasteiger partial charge in [-0.2, -0.15) is 0 Å². The summed E-state index contributed by atoms with van der Waals surface area (Å²) < 4.78 is 12.5. The Kier molecular flexibility index (Phi) is 6.70. The van der Waals surface area contributed by atoms with Crippen LogP contribution >= 0.6 is 15.9 Å². The minimum absolute atomic E-state index is 0.211. The zero-order valence-electron chi connectivity index (χ0n) is 14.7. The Morgan fingerprint density at radius 2 is 2.00 bits per heavy atom. The third-order valence-electron chi connectivity index (χ3n) is 5.29. The summed E-state index contributed by atoms with van der Waals surface area (Å²) in [5.74, 6) is 0. The minimum Gasteiger partial charge on any atom is -0.377 e. The first-order valence-electron chi connectivity index (χ1n) is 9.07. The molecular formula is C19H29BrN2O2. The maximum absolute atomic E-state index is 5.72.